The van der Waals surface area contributed by atoms with Gasteiger partial charge in [-0.1, -0.05) is 13.3 Å². The van der Waals surface area contributed by atoms with E-state index in [9.17, 15) is 13.2 Å². The van der Waals surface area contributed by atoms with Crippen LogP contribution in [0.3, 0.4) is 0 Å². The molecular weight excluding hydrogens is 348 g/mol. The number of carbonyl (C=O) groups is 1. The molecule has 2 bridgehead atoms. The minimum atomic E-state index is -3.53. The molecule has 142 valence electrons. The molecule has 26 heavy (non-hydrogen) atoms. The van der Waals surface area contributed by atoms with Crippen molar-refractivity contribution in [1.29, 1.82) is 0 Å². The first kappa shape index (κ1) is 18.0. The number of carbonyl (C=O) groups excluding carboxylic acids is 1. The second-order valence-electron chi connectivity index (χ2n) is 8.58. The number of amides is 1. The summed E-state index contributed by atoms with van der Waals surface area (Å²) >= 11 is 0. The topological polar surface area (TPSA) is 75.3 Å². The summed E-state index contributed by atoms with van der Waals surface area (Å²) in [5.41, 5.74) is 0.647. The van der Waals surface area contributed by atoms with Crippen LogP contribution in [0.25, 0.3) is 0 Å². The van der Waals surface area contributed by atoms with Crippen LogP contribution >= 0.6 is 0 Å². The molecule has 1 aromatic rings. The fraction of sp³-hybridized carbons (Fsp3) is 0.650. The highest BCUT2D eigenvalue weighted by Crippen LogP contribution is 2.49. The van der Waals surface area contributed by atoms with Gasteiger partial charge >= 0.3 is 0 Å². The summed E-state index contributed by atoms with van der Waals surface area (Å²) in [6, 6.07) is 6.44. The molecule has 3 aliphatic rings. The molecule has 1 aromatic carbocycles. The smallest absolute Gasteiger partial charge is 0.240 e. The van der Waals surface area contributed by atoms with Crippen molar-refractivity contribution in [1.82, 2.24) is 4.72 Å². The molecule has 3 fully saturated rings. The Kier molecular flexibility index (Phi) is 4.59. The first-order chi connectivity index (χ1) is 12.3. The van der Waals surface area contributed by atoms with Gasteiger partial charge in [-0.15, -0.1) is 0 Å². The molecular formula is C20H28N2O3S. The highest BCUT2D eigenvalue weighted by atomic mass is 32.2. The standard InChI is InChI=1S/C20H28N2O3S/c1-12-9-18(12)20(23)21-16-5-7-17(8-6-16)26(24,25)22-13(2)19-11-14-3-4-15(19)10-14/h5-8,12-15,18-19,22H,3-4,9-11H2,1-2H3,(H,21,23)/t12-,13-,14+,15+,18+,19-/m1/s1. The molecule has 0 aromatic heterocycles. The molecule has 0 unspecified atom stereocenters. The molecule has 3 aliphatic carbocycles. The molecule has 2 N–H and O–H groups in total. The largest absolute Gasteiger partial charge is 0.326 e. The van der Waals surface area contributed by atoms with Gasteiger partial charge in [0.1, 0.15) is 0 Å². The van der Waals surface area contributed by atoms with E-state index in [4.69, 9.17) is 0 Å². The Morgan fingerprint density at radius 2 is 1.81 bits per heavy atom. The highest BCUT2D eigenvalue weighted by Gasteiger charge is 2.42. The zero-order valence-corrected chi connectivity index (χ0v) is 16.3. The molecule has 6 heteroatoms. The van der Waals surface area contributed by atoms with E-state index in [0.717, 1.165) is 18.8 Å². The lowest BCUT2D eigenvalue weighted by atomic mass is 9.84. The second kappa shape index (κ2) is 6.64. The van der Waals surface area contributed by atoms with Crippen molar-refractivity contribution in [2.75, 3.05) is 5.32 Å². The van der Waals surface area contributed by atoms with Gasteiger partial charge in [0, 0.05) is 17.6 Å². The van der Waals surface area contributed by atoms with E-state index >= 15 is 0 Å². The summed E-state index contributed by atoms with van der Waals surface area (Å²) in [6.45, 7) is 4.05. The van der Waals surface area contributed by atoms with Crippen LogP contribution in [0.4, 0.5) is 5.69 Å². The number of rotatable bonds is 6. The van der Waals surface area contributed by atoms with Crippen molar-refractivity contribution in [2.24, 2.45) is 29.6 Å². The van der Waals surface area contributed by atoms with Crippen molar-refractivity contribution in [3.63, 3.8) is 0 Å². The summed E-state index contributed by atoms with van der Waals surface area (Å²) in [5, 5.41) is 2.86. The summed E-state index contributed by atoms with van der Waals surface area (Å²) in [6.07, 6.45) is 5.91. The first-order valence-electron chi connectivity index (χ1n) is 9.77. The Labute approximate surface area is 156 Å². The first-order valence-corrected chi connectivity index (χ1v) is 11.2. The van der Waals surface area contributed by atoms with Crippen LogP contribution in [0, 0.1) is 29.6 Å². The van der Waals surface area contributed by atoms with Crippen molar-refractivity contribution in [3.8, 4) is 0 Å². The van der Waals surface area contributed by atoms with Crippen LogP contribution in [-0.2, 0) is 14.8 Å². The lowest BCUT2D eigenvalue weighted by Crippen LogP contribution is -2.40. The fourth-order valence-electron chi connectivity index (χ4n) is 4.95. The number of nitrogens with one attached hydrogen (secondary N) is 2. The third-order valence-corrected chi connectivity index (χ3v) is 8.23. The van der Waals surface area contributed by atoms with Gasteiger partial charge < -0.3 is 5.32 Å². The molecule has 3 saturated carbocycles. The van der Waals surface area contributed by atoms with E-state index in [1.807, 2.05) is 6.92 Å². The SMILES string of the molecule is C[C@@H]1C[C@@H]1C(=O)Nc1ccc(S(=O)(=O)N[C@H](C)[C@H]2C[C@H]3CC[C@H]2C3)cc1. The third-order valence-electron chi connectivity index (χ3n) is 6.65. The summed E-state index contributed by atoms with van der Waals surface area (Å²) in [4.78, 5) is 12.2. The van der Waals surface area contributed by atoms with Gasteiger partial charge in [-0.05, 0) is 80.5 Å². The van der Waals surface area contributed by atoms with E-state index in [1.54, 1.807) is 24.3 Å². The lowest BCUT2D eigenvalue weighted by Gasteiger charge is -2.28. The Morgan fingerprint density at radius 1 is 1.12 bits per heavy atom. The van der Waals surface area contributed by atoms with Crippen molar-refractivity contribution in [3.05, 3.63) is 24.3 Å². The monoisotopic (exact) mass is 376 g/mol. The molecule has 0 radical (unpaired) electrons. The minimum Gasteiger partial charge on any atom is -0.326 e. The quantitative estimate of drug-likeness (QED) is 0.799. The van der Waals surface area contributed by atoms with Gasteiger partial charge in [-0.3, -0.25) is 4.79 Å². The zero-order valence-electron chi connectivity index (χ0n) is 15.4. The Balaban J connectivity index is 1.38. The van der Waals surface area contributed by atoms with Crippen LogP contribution in [0.15, 0.2) is 29.2 Å². The van der Waals surface area contributed by atoms with E-state index in [2.05, 4.69) is 17.0 Å². The number of benzene rings is 1. The average Bonchev–Trinajstić information content (AvgIpc) is 3.01. The molecule has 0 aliphatic heterocycles. The number of hydrogen-bond donors (Lipinski definition) is 2. The molecule has 5 nitrogen and oxygen atoms in total. The minimum absolute atomic E-state index is 0.0242. The van der Waals surface area contributed by atoms with Crippen LogP contribution < -0.4 is 10.0 Å². The van der Waals surface area contributed by atoms with Gasteiger partial charge in [0.05, 0.1) is 4.90 Å². The number of sulfonamides is 1. The van der Waals surface area contributed by atoms with E-state index in [-0.39, 0.29) is 22.8 Å². The summed E-state index contributed by atoms with van der Waals surface area (Å²) < 4.78 is 28.3. The Bertz CT molecular complexity index is 790. The van der Waals surface area contributed by atoms with E-state index in [1.165, 1.54) is 19.3 Å². The lowest BCUT2D eigenvalue weighted by molar-refractivity contribution is -0.117. The second-order valence-corrected chi connectivity index (χ2v) is 10.3. The van der Waals surface area contributed by atoms with E-state index < -0.39 is 10.0 Å². The van der Waals surface area contributed by atoms with Crippen molar-refractivity contribution in [2.45, 2.75) is 56.9 Å². The van der Waals surface area contributed by atoms with Crippen LogP contribution in [0.1, 0.15) is 46.0 Å². The fourth-order valence-corrected chi connectivity index (χ4v) is 6.24. The predicted molar refractivity (Wildman–Crippen MR) is 101 cm³/mol. The summed E-state index contributed by atoms with van der Waals surface area (Å²) in [5.74, 6) is 2.52. The maximum absolute atomic E-state index is 12.7. The molecule has 0 saturated heterocycles. The third kappa shape index (κ3) is 3.54. The predicted octanol–water partition coefficient (Wildman–Crippen LogP) is 3.38. The van der Waals surface area contributed by atoms with Gasteiger partial charge in [0.2, 0.25) is 15.9 Å². The highest BCUT2D eigenvalue weighted by molar-refractivity contribution is 7.89. The van der Waals surface area contributed by atoms with E-state index in [0.29, 0.717) is 23.4 Å². The zero-order chi connectivity index (χ0) is 18.5. The molecule has 6 atom stereocenters. The molecule has 0 heterocycles. The molecule has 1 amide bonds. The summed E-state index contributed by atoms with van der Waals surface area (Å²) in [7, 11) is -3.53. The van der Waals surface area contributed by atoms with Crippen LogP contribution in [-0.4, -0.2) is 20.4 Å². The van der Waals surface area contributed by atoms with Crippen molar-refractivity contribution < 1.29 is 13.2 Å². The normalized spacial score (nSPS) is 33.8. The Hall–Kier alpha value is -1.40. The van der Waals surface area contributed by atoms with Gasteiger partial charge in [0.25, 0.3) is 0 Å². The number of anilines is 1. The average molecular weight is 377 g/mol. The number of hydrogen-bond acceptors (Lipinski definition) is 3. The molecule has 4 rings (SSSR count). The Morgan fingerprint density at radius 3 is 2.35 bits per heavy atom. The van der Waals surface area contributed by atoms with Crippen LogP contribution in [0.2, 0.25) is 0 Å². The van der Waals surface area contributed by atoms with Gasteiger partial charge in [-0.2, -0.15) is 0 Å². The van der Waals surface area contributed by atoms with Crippen molar-refractivity contribution >= 4 is 21.6 Å². The van der Waals surface area contributed by atoms with Gasteiger partial charge in [0.15, 0.2) is 0 Å². The van der Waals surface area contributed by atoms with Crippen LogP contribution in [0.5, 0.6) is 0 Å². The molecule has 0 spiro atoms. The van der Waals surface area contributed by atoms with Gasteiger partial charge in [-0.25, -0.2) is 13.1 Å². The maximum Gasteiger partial charge on any atom is 0.240 e. The number of fused-ring (bicyclic) bond motifs is 2. The maximum atomic E-state index is 12.7.